The Morgan fingerprint density at radius 2 is 2.00 bits per heavy atom. The summed E-state index contributed by atoms with van der Waals surface area (Å²) in [7, 11) is 2.17. The summed E-state index contributed by atoms with van der Waals surface area (Å²) >= 11 is 0. The first-order chi connectivity index (χ1) is 9.17. The standard InChI is InChI=1S/C15H26N4/c1-5-8-13-17-14(16-6-2)11(3)15(18-13)19(4)12-9-7-10-12/h12H,5-10H2,1-4H3,(H,16,17,18). The molecule has 1 aliphatic carbocycles. The normalized spacial score (nSPS) is 15.2. The molecule has 106 valence electrons. The maximum absolute atomic E-state index is 4.78. The molecule has 1 N–H and O–H groups in total. The van der Waals surface area contributed by atoms with Gasteiger partial charge in [0, 0.05) is 31.6 Å². The van der Waals surface area contributed by atoms with Crippen molar-refractivity contribution < 1.29 is 0 Å². The van der Waals surface area contributed by atoms with Crippen molar-refractivity contribution in [2.75, 3.05) is 23.8 Å². The Kier molecular flexibility index (Phi) is 4.61. The predicted octanol–water partition coefficient (Wildman–Crippen LogP) is 3.16. The van der Waals surface area contributed by atoms with Crippen LogP contribution in [0.5, 0.6) is 0 Å². The Morgan fingerprint density at radius 3 is 2.53 bits per heavy atom. The number of hydrogen-bond acceptors (Lipinski definition) is 4. The summed E-state index contributed by atoms with van der Waals surface area (Å²) in [5, 5.41) is 3.37. The molecular formula is C15H26N4. The zero-order valence-electron chi connectivity index (χ0n) is 12.7. The van der Waals surface area contributed by atoms with Gasteiger partial charge in [-0.05, 0) is 39.5 Å². The van der Waals surface area contributed by atoms with Crippen LogP contribution in [0.15, 0.2) is 0 Å². The second-order valence-corrected chi connectivity index (χ2v) is 5.41. The SMILES string of the molecule is CCCc1nc(NCC)c(C)c(N(C)C2CCC2)n1. The maximum Gasteiger partial charge on any atom is 0.137 e. The number of nitrogens with zero attached hydrogens (tertiary/aromatic N) is 3. The molecule has 0 spiro atoms. The minimum absolute atomic E-state index is 0.664. The van der Waals surface area contributed by atoms with Gasteiger partial charge in [-0.25, -0.2) is 9.97 Å². The molecule has 4 heteroatoms. The van der Waals surface area contributed by atoms with Crippen molar-refractivity contribution in [1.82, 2.24) is 9.97 Å². The van der Waals surface area contributed by atoms with Crippen molar-refractivity contribution in [3.05, 3.63) is 11.4 Å². The first-order valence-corrected chi connectivity index (χ1v) is 7.51. The van der Waals surface area contributed by atoms with E-state index in [2.05, 4.69) is 43.0 Å². The van der Waals surface area contributed by atoms with Crippen molar-refractivity contribution in [1.29, 1.82) is 0 Å². The van der Waals surface area contributed by atoms with E-state index in [1.807, 2.05) is 0 Å². The molecule has 1 heterocycles. The van der Waals surface area contributed by atoms with E-state index in [0.717, 1.165) is 36.8 Å². The van der Waals surface area contributed by atoms with Gasteiger partial charge in [-0.2, -0.15) is 0 Å². The van der Waals surface area contributed by atoms with Crippen LogP contribution >= 0.6 is 0 Å². The lowest BCUT2D eigenvalue weighted by Gasteiger charge is -2.36. The molecule has 19 heavy (non-hydrogen) atoms. The number of hydrogen-bond donors (Lipinski definition) is 1. The van der Waals surface area contributed by atoms with Crippen molar-refractivity contribution in [3.63, 3.8) is 0 Å². The number of aryl methyl sites for hydroxylation is 1. The quantitative estimate of drug-likeness (QED) is 0.855. The van der Waals surface area contributed by atoms with Crippen molar-refractivity contribution >= 4 is 11.6 Å². The molecule has 0 saturated heterocycles. The summed E-state index contributed by atoms with van der Waals surface area (Å²) in [4.78, 5) is 11.8. The molecule has 1 aromatic rings. The third-order valence-corrected chi connectivity index (χ3v) is 3.94. The van der Waals surface area contributed by atoms with E-state index in [1.165, 1.54) is 24.8 Å². The molecule has 0 atom stereocenters. The Morgan fingerprint density at radius 1 is 1.26 bits per heavy atom. The minimum atomic E-state index is 0.664. The average molecular weight is 262 g/mol. The Labute approximate surface area is 116 Å². The lowest BCUT2D eigenvalue weighted by Crippen LogP contribution is -2.38. The van der Waals surface area contributed by atoms with Crippen LogP contribution in [-0.2, 0) is 6.42 Å². The molecule has 1 aromatic heterocycles. The first kappa shape index (κ1) is 14.1. The van der Waals surface area contributed by atoms with Crippen LogP contribution < -0.4 is 10.2 Å². The van der Waals surface area contributed by atoms with Gasteiger partial charge in [0.25, 0.3) is 0 Å². The van der Waals surface area contributed by atoms with Crippen LogP contribution in [0.25, 0.3) is 0 Å². The van der Waals surface area contributed by atoms with Gasteiger partial charge in [0.15, 0.2) is 0 Å². The largest absolute Gasteiger partial charge is 0.370 e. The lowest BCUT2D eigenvalue weighted by molar-refractivity contribution is 0.398. The highest BCUT2D eigenvalue weighted by Crippen LogP contribution is 2.31. The summed E-state index contributed by atoms with van der Waals surface area (Å²) in [6.45, 7) is 7.30. The van der Waals surface area contributed by atoms with Crippen LogP contribution in [0.1, 0.15) is 50.9 Å². The summed E-state index contributed by atoms with van der Waals surface area (Å²) in [6, 6.07) is 0.664. The van der Waals surface area contributed by atoms with E-state index in [-0.39, 0.29) is 0 Å². The molecule has 1 saturated carbocycles. The fourth-order valence-electron chi connectivity index (χ4n) is 2.52. The van der Waals surface area contributed by atoms with Gasteiger partial charge in [0.1, 0.15) is 17.5 Å². The lowest BCUT2D eigenvalue weighted by atomic mass is 9.91. The second-order valence-electron chi connectivity index (χ2n) is 5.41. The highest BCUT2D eigenvalue weighted by molar-refractivity contribution is 5.59. The van der Waals surface area contributed by atoms with Gasteiger partial charge in [-0.1, -0.05) is 6.92 Å². The number of rotatable bonds is 6. The Hall–Kier alpha value is -1.32. The third-order valence-electron chi connectivity index (χ3n) is 3.94. The van der Waals surface area contributed by atoms with E-state index in [4.69, 9.17) is 4.98 Å². The Bertz CT molecular complexity index is 426. The van der Waals surface area contributed by atoms with Gasteiger partial charge < -0.3 is 10.2 Å². The molecule has 2 rings (SSSR count). The van der Waals surface area contributed by atoms with Gasteiger partial charge in [0.2, 0.25) is 0 Å². The first-order valence-electron chi connectivity index (χ1n) is 7.51. The van der Waals surface area contributed by atoms with Crippen LogP contribution in [0.4, 0.5) is 11.6 Å². The maximum atomic E-state index is 4.78. The highest BCUT2D eigenvalue weighted by Gasteiger charge is 2.25. The second kappa shape index (κ2) is 6.22. The van der Waals surface area contributed by atoms with E-state index >= 15 is 0 Å². The van der Waals surface area contributed by atoms with Gasteiger partial charge in [0.05, 0.1) is 0 Å². The number of aromatic nitrogens is 2. The molecule has 0 bridgehead atoms. The highest BCUT2D eigenvalue weighted by atomic mass is 15.2. The van der Waals surface area contributed by atoms with E-state index < -0.39 is 0 Å². The van der Waals surface area contributed by atoms with E-state index in [1.54, 1.807) is 0 Å². The van der Waals surface area contributed by atoms with Crippen molar-refractivity contribution in [3.8, 4) is 0 Å². The van der Waals surface area contributed by atoms with E-state index in [9.17, 15) is 0 Å². The fraction of sp³-hybridized carbons (Fsp3) is 0.733. The Balaban J connectivity index is 2.32. The summed E-state index contributed by atoms with van der Waals surface area (Å²) in [5.74, 6) is 3.08. The molecule has 0 unspecified atom stereocenters. The summed E-state index contributed by atoms with van der Waals surface area (Å²) in [5.41, 5.74) is 1.18. The zero-order chi connectivity index (χ0) is 13.8. The third kappa shape index (κ3) is 2.99. The summed E-state index contributed by atoms with van der Waals surface area (Å²) in [6.07, 6.45) is 5.96. The molecule has 4 nitrogen and oxygen atoms in total. The number of anilines is 2. The van der Waals surface area contributed by atoms with Crippen LogP contribution in [0.2, 0.25) is 0 Å². The number of nitrogens with one attached hydrogen (secondary N) is 1. The topological polar surface area (TPSA) is 41.1 Å². The molecule has 0 aromatic carbocycles. The molecule has 0 aliphatic heterocycles. The molecule has 1 aliphatic rings. The molecular weight excluding hydrogens is 236 g/mol. The monoisotopic (exact) mass is 262 g/mol. The van der Waals surface area contributed by atoms with Crippen molar-refractivity contribution in [2.24, 2.45) is 0 Å². The fourth-order valence-corrected chi connectivity index (χ4v) is 2.52. The van der Waals surface area contributed by atoms with Gasteiger partial charge >= 0.3 is 0 Å². The molecule has 0 amide bonds. The van der Waals surface area contributed by atoms with Crippen molar-refractivity contribution in [2.45, 2.75) is 58.9 Å². The van der Waals surface area contributed by atoms with Gasteiger partial charge in [-0.15, -0.1) is 0 Å². The smallest absolute Gasteiger partial charge is 0.137 e. The van der Waals surface area contributed by atoms with E-state index in [0.29, 0.717) is 6.04 Å². The predicted molar refractivity (Wildman–Crippen MR) is 81.0 cm³/mol. The molecule has 1 fully saturated rings. The van der Waals surface area contributed by atoms with Crippen LogP contribution in [0, 0.1) is 6.92 Å². The van der Waals surface area contributed by atoms with Crippen LogP contribution in [-0.4, -0.2) is 29.6 Å². The minimum Gasteiger partial charge on any atom is -0.370 e. The average Bonchev–Trinajstić information content (AvgIpc) is 2.31. The van der Waals surface area contributed by atoms with Gasteiger partial charge in [-0.3, -0.25) is 0 Å². The van der Waals surface area contributed by atoms with Crippen LogP contribution in [0.3, 0.4) is 0 Å². The zero-order valence-corrected chi connectivity index (χ0v) is 12.7. The summed E-state index contributed by atoms with van der Waals surface area (Å²) < 4.78 is 0. The molecule has 0 radical (unpaired) electrons.